The third-order valence-electron chi connectivity index (χ3n) is 4.58. The summed E-state index contributed by atoms with van der Waals surface area (Å²) in [5, 5.41) is 6.49. The largest absolute Gasteiger partial charge is 0.352 e. The maximum absolute atomic E-state index is 13.6. The van der Waals surface area contributed by atoms with E-state index in [1.807, 2.05) is 0 Å². The van der Waals surface area contributed by atoms with Crippen molar-refractivity contribution in [3.8, 4) is 11.3 Å². The minimum absolute atomic E-state index is 0.000498. The summed E-state index contributed by atoms with van der Waals surface area (Å²) in [6.45, 7) is 0.123. The third kappa shape index (κ3) is 3.95. The van der Waals surface area contributed by atoms with Crippen LogP contribution in [-0.4, -0.2) is 20.6 Å². The van der Waals surface area contributed by atoms with Gasteiger partial charge >= 0.3 is 0 Å². The predicted molar refractivity (Wildman–Crippen MR) is 104 cm³/mol. The molecule has 2 heterocycles. The highest BCUT2D eigenvalue weighted by molar-refractivity contribution is 5.87. The summed E-state index contributed by atoms with van der Waals surface area (Å²) in [6.07, 6.45) is 1.31. The Bertz CT molecular complexity index is 1270. The summed E-state index contributed by atoms with van der Waals surface area (Å²) in [5.74, 6) is -1.13. The van der Waals surface area contributed by atoms with E-state index in [-0.39, 0.29) is 36.5 Å². The Balaban J connectivity index is 1.45. The molecule has 4 aromatic rings. The van der Waals surface area contributed by atoms with Gasteiger partial charge in [-0.1, -0.05) is 23.4 Å². The number of nitrogens with zero attached hydrogens (tertiary/aromatic N) is 3. The maximum atomic E-state index is 13.6. The molecular formula is C21H16F2N4O3. The number of rotatable bonds is 6. The number of carbonyl (C=O) groups is 1. The Hall–Kier alpha value is -3.88. The number of carbonyl (C=O) groups excluding carboxylic acids is 1. The Kier molecular flexibility index (Phi) is 5.34. The molecule has 152 valence electrons. The lowest BCUT2D eigenvalue weighted by atomic mass is 10.1. The van der Waals surface area contributed by atoms with Gasteiger partial charge in [-0.05, 0) is 30.3 Å². The van der Waals surface area contributed by atoms with Crippen molar-refractivity contribution in [2.75, 3.05) is 0 Å². The lowest BCUT2D eigenvalue weighted by molar-refractivity contribution is -0.121. The van der Waals surface area contributed by atoms with E-state index in [1.54, 1.807) is 18.2 Å². The van der Waals surface area contributed by atoms with Crippen LogP contribution in [0, 0.1) is 11.6 Å². The Morgan fingerprint density at radius 2 is 1.87 bits per heavy atom. The van der Waals surface area contributed by atoms with E-state index in [2.05, 4.69) is 15.5 Å². The van der Waals surface area contributed by atoms with Crippen LogP contribution in [0.1, 0.15) is 12.0 Å². The fraction of sp³-hybridized carbons (Fsp3) is 0.143. The van der Waals surface area contributed by atoms with Crippen molar-refractivity contribution in [1.29, 1.82) is 0 Å². The van der Waals surface area contributed by atoms with Crippen molar-refractivity contribution >= 4 is 17.0 Å². The first-order valence-electron chi connectivity index (χ1n) is 9.14. The highest BCUT2D eigenvalue weighted by Crippen LogP contribution is 2.24. The van der Waals surface area contributed by atoms with Gasteiger partial charge in [0.25, 0.3) is 11.1 Å². The molecule has 9 heteroatoms. The van der Waals surface area contributed by atoms with E-state index in [0.29, 0.717) is 16.8 Å². The van der Waals surface area contributed by atoms with Gasteiger partial charge in [0, 0.05) is 30.6 Å². The normalized spacial score (nSPS) is 11.0. The maximum Gasteiger partial charge on any atom is 0.299 e. The number of aromatic nitrogens is 3. The van der Waals surface area contributed by atoms with Gasteiger partial charge < -0.3 is 9.84 Å². The van der Waals surface area contributed by atoms with Gasteiger partial charge in [0.05, 0.1) is 6.33 Å². The van der Waals surface area contributed by atoms with Gasteiger partial charge in [0.1, 0.15) is 22.8 Å². The van der Waals surface area contributed by atoms with Crippen molar-refractivity contribution in [1.82, 2.24) is 20.0 Å². The second-order valence-corrected chi connectivity index (χ2v) is 6.58. The molecule has 2 aromatic carbocycles. The second kappa shape index (κ2) is 8.24. The van der Waals surface area contributed by atoms with Crippen molar-refractivity contribution in [2.24, 2.45) is 0 Å². The Morgan fingerprint density at radius 3 is 2.63 bits per heavy atom. The lowest BCUT2D eigenvalue weighted by Crippen LogP contribution is -2.27. The fourth-order valence-electron chi connectivity index (χ4n) is 2.96. The summed E-state index contributed by atoms with van der Waals surface area (Å²) in [4.78, 5) is 28.9. The predicted octanol–water partition coefficient (Wildman–Crippen LogP) is 3.04. The summed E-state index contributed by atoms with van der Waals surface area (Å²) >= 11 is 0. The third-order valence-corrected chi connectivity index (χ3v) is 4.58. The van der Waals surface area contributed by atoms with Crippen LogP contribution in [0.4, 0.5) is 8.78 Å². The van der Waals surface area contributed by atoms with E-state index >= 15 is 0 Å². The van der Waals surface area contributed by atoms with Crippen LogP contribution in [-0.2, 0) is 17.9 Å². The van der Waals surface area contributed by atoms with Crippen LogP contribution in [0.5, 0.6) is 0 Å². The van der Waals surface area contributed by atoms with Crippen molar-refractivity contribution in [3.63, 3.8) is 0 Å². The zero-order valence-electron chi connectivity index (χ0n) is 15.6. The minimum Gasteiger partial charge on any atom is -0.352 e. The van der Waals surface area contributed by atoms with Gasteiger partial charge in [0.15, 0.2) is 0 Å². The number of amides is 1. The quantitative estimate of drug-likeness (QED) is 0.528. The molecule has 30 heavy (non-hydrogen) atoms. The van der Waals surface area contributed by atoms with Gasteiger partial charge in [-0.3, -0.25) is 14.2 Å². The molecule has 0 saturated carbocycles. The highest BCUT2D eigenvalue weighted by Gasteiger charge is 2.17. The van der Waals surface area contributed by atoms with E-state index < -0.39 is 17.2 Å². The topological polar surface area (TPSA) is 90.0 Å². The molecule has 7 nitrogen and oxygen atoms in total. The van der Waals surface area contributed by atoms with Crippen LogP contribution in [0.15, 0.2) is 64.2 Å². The molecule has 0 spiro atoms. The summed E-state index contributed by atoms with van der Waals surface area (Å²) < 4.78 is 33.1. The van der Waals surface area contributed by atoms with Crippen LogP contribution in [0.25, 0.3) is 22.4 Å². The first-order valence-corrected chi connectivity index (χ1v) is 9.14. The van der Waals surface area contributed by atoms with E-state index in [1.165, 1.54) is 41.2 Å². The number of aryl methyl sites for hydroxylation is 1. The number of nitrogens with one attached hydrogen (secondary N) is 1. The highest BCUT2D eigenvalue weighted by atomic mass is 19.1. The number of hydrogen-bond donors (Lipinski definition) is 1. The first-order chi connectivity index (χ1) is 14.5. The number of fused-ring (bicyclic) bond motifs is 1. The summed E-state index contributed by atoms with van der Waals surface area (Å²) in [7, 11) is 0. The lowest BCUT2D eigenvalue weighted by Gasteiger charge is -2.07. The molecule has 0 bridgehead atoms. The Labute approximate surface area is 169 Å². The molecule has 0 aliphatic carbocycles. The van der Waals surface area contributed by atoms with E-state index in [4.69, 9.17) is 4.52 Å². The van der Waals surface area contributed by atoms with Crippen molar-refractivity contribution in [2.45, 2.75) is 19.5 Å². The zero-order chi connectivity index (χ0) is 21.1. The molecule has 0 saturated heterocycles. The van der Waals surface area contributed by atoms with Gasteiger partial charge in [-0.2, -0.15) is 0 Å². The fourth-order valence-corrected chi connectivity index (χ4v) is 2.96. The molecule has 0 fully saturated rings. The Morgan fingerprint density at radius 1 is 1.10 bits per heavy atom. The number of benzene rings is 2. The second-order valence-electron chi connectivity index (χ2n) is 6.58. The van der Waals surface area contributed by atoms with E-state index in [0.717, 1.165) is 0 Å². The molecule has 0 aliphatic rings. The van der Waals surface area contributed by atoms with Crippen LogP contribution >= 0.6 is 0 Å². The molecule has 0 radical (unpaired) electrons. The summed E-state index contributed by atoms with van der Waals surface area (Å²) in [5.41, 5.74) is 0.989. The molecule has 1 amide bonds. The monoisotopic (exact) mass is 410 g/mol. The molecule has 0 atom stereocenters. The zero-order valence-corrected chi connectivity index (χ0v) is 15.6. The number of hydrogen-bond acceptors (Lipinski definition) is 5. The average Bonchev–Trinajstić information content (AvgIpc) is 3.18. The van der Waals surface area contributed by atoms with Gasteiger partial charge in [0.2, 0.25) is 5.91 Å². The molecular weight excluding hydrogens is 394 g/mol. The smallest absolute Gasteiger partial charge is 0.299 e. The van der Waals surface area contributed by atoms with Crippen LogP contribution in [0.2, 0.25) is 0 Å². The number of halogens is 2. The average molecular weight is 410 g/mol. The summed E-state index contributed by atoms with van der Waals surface area (Å²) in [6, 6.07) is 11.7. The van der Waals surface area contributed by atoms with Crippen molar-refractivity contribution in [3.05, 3.63) is 82.4 Å². The van der Waals surface area contributed by atoms with Crippen LogP contribution in [0.3, 0.4) is 0 Å². The first kappa shape index (κ1) is 19.4. The van der Waals surface area contributed by atoms with Gasteiger partial charge in [-0.25, -0.2) is 13.8 Å². The molecule has 4 rings (SSSR count). The molecule has 0 unspecified atom stereocenters. The van der Waals surface area contributed by atoms with Crippen molar-refractivity contribution < 1.29 is 18.1 Å². The van der Waals surface area contributed by atoms with Gasteiger partial charge in [-0.15, -0.1) is 0 Å². The molecule has 0 aliphatic heterocycles. The molecule has 1 N–H and O–H groups in total. The minimum atomic E-state index is -0.484. The standard InChI is InChI=1S/C21H16F2N4O3/c22-15-7-5-13(6-8-15)18-19-20(30-26-18)21(29)27(12-25-19)10-9-17(28)24-11-14-3-1-2-4-16(14)23/h1-8,12H,9-11H2,(H,24,28). The molecule has 2 aromatic heterocycles. The van der Waals surface area contributed by atoms with Crippen LogP contribution < -0.4 is 10.9 Å². The SMILES string of the molecule is O=C(CCn1cnc2c(-c3ccc(F)cc3)noc2c1=O)NCc1ccccc1F. The van der Waals surface area contributed by atoms with E-state index in [9.17, 15) is 18.4 Å².